The average molecular weight is 476 g/mol. The van der Waals surface area contributed by atoms with Gasteiger partial charge in [-0.15, -0.1) is 0 Å². The topological polar surface area (TPSA) is 113 Å². The molecule has 2 unspecified atom stereocenters. The van der Waals surface area contributed by atoms with Crippen LogP contribution in [0.2, 0.25) is 0 Å². The third-order valence-corrected chi connectivity index (χ3v) is 7.73. The second-order valence-electron chi connectivity index (χ2n) is 8.38. The van der Waals surface area contributed by atoms with Crippen LogP contribution in [-0.2, 0) is 39.0 Å². The number of amides is 2. The molecule has 9 nitrogen and oxygen atoms in total. The van der Waals surface area contributed by atoms with E-state index < -0.39 is 28.0 Å². The molecule has 0 bridgehead atoms. The van der Waals surface area contributed by atoms with Gasteiger partial charge in [-0.1, -0.05) is 50.1 Å². The molecular formula is C23H33N5O4S. The molecule has 2 atom stereocenters. The number of aromatic nitrogens is 2. The Morgan fingerprint density at radius 1 is 1.18 bits per heavy atom. The van der Waals surface area contributed by atoms with E-state index in [2.05, 4.69) is 15.7 Å². The van der Waals surface area contributed by atoms with Crippen LogP contribution in [0.4, 0.5) is 0 Å². The van der Waals surface area contributed by atoms with Crippen molar-refractivity contribution in [2.24, 2.45) is 7.05 Å². The Hall–Kier alpha value is -2.72. The second kappa shape index (κ2) is 11.4. The van der Waals surface area contributed by atoms with Crippen molar-refractivity contribution in [1.29, 1.82) is 0 Å². The van der Waals surface area contributed by atoms with Crippen molar-refractivity contribution in [1.82, 2.24) is 24.7 Å². The standard InChI is InChI=1S/C23H33N5O4S/c1-3-9-20(22(29)24-16-19-13-14-25-27(19)2)26-23(30)21-12-7-8-15-28(21)33(31,32)17-18-10-5-4-6-11-18/h4-6,10-11,13-14,20-21H,3,7-9,12,15-17H2,1-2H3,(H,24,29)(H,26,30). The van der Waals surface area contributed by atoms with Gasteiger partial charge in [0.1, 0.15) is 12.1 Å². The highest BCUT2D eigenvalue weighted by Crippen LogP contribution is 2.23. The number of carbonyl (C=O) groups excluding carboxylic acids is 2. The van der Waals surface area contributed by atoms with Crippen LogP contribution >= 0.6 is 0 Å². The molecule has 1 aliphatic heterocycles. The average Bonchev–Trinajstić information content (AvgIpc) is 3.22. The van der Waals surface area contributed by atoms with Gasteiger partial charge < -0.3 is 10.6 Å². The number of hydrogen-bond acceptors (Lipinski definition) is 5. The summed E-state index contributed by atoms with van der Waals surface area (Å²) in [6.45, 7) is 2.54. The molecule has 0 radical (unpaired) electrons. The first-order chi connectivity index (χ1) is 15.8. The first-order valence-electron chi connectivity index (χ1n) is 11.4. The van der Waals surface area contributed by atoms with E-state index in [0.29, 0.717) is 44.3 Å². The number of nitrogens with zero attached hydrogens (tertiary/aromatic N) is 3. The van der Waals surface area contributed by atoms with Crippen LogP contribution in [-0.4, -0.2) is 52.9 Å². The Labute approximate surface area is 195 Å². The molecule has 2 N–H and O–H groups in total. The summed E-state index contributed by atoms with van der Waals surface area (Å²) in [6.07, 6.45) is 4.73. The highest BCUT2D eigenvalue weighted by Gasteiger charge is 2.37. The van der Waals surface area contributed by atoms with Crippen molar-refractivity contribution in [3.8, 4) is 0 Å². The molecule has 1 fully saturated rings. The molecule has 10 heteroatoms. The fraction of sp³-hybridized carbons (Fsp3) is 0.522. The number of rotatable bonds is 10. The van der Waals surface area contributed by atoms with E-state index in [-0.39, 0.29) is 11.7 Å². The first kappa shape index (κ1) is 24.9. The Balaban J connectivity index is 1.67. The smallest absolute Gasteiger partial charge is 0.242 e. The molecule has 1 aromatic heterocycles. The predicted octanol–water partition coefficient (Wildman–Crippen LogP) is 1.71. The number of hydrogen-bond donors (Lipinski definition) is 2. The van der Waals surface area contributed by atoms with E-state index in [1.54, 1.807) is 42.2 Å². The molecule has 33 heavy (non-hydrogen) atoms. The fourth-order valence-corrected chi connectivity index (χ4v) is 5.84. The van der Waals surface area contributed by atoms with Crippen molar-refractivity contribution in [2.45, 2.75) is 63.4 Å². The zero-order chi connectivity index (χ0) is 23.8. The lowest BCUT2D eigenvalue weighted by molar-refractivity contribution is -0.131. The fourth-order valence-electron chi connectivity index (χ4n) is 4.07. The molecule has 0 spiro atoms. The van der Waals surface area contributed by atoms with Crippen LogP contribution in [0.25, 0.3) is 0 Å². The summed E-state index contributed by atoms with van der Waals surface area (Å²) in [6, 6.07) is 9.23. The van der Waals surface area contributed by atoms with Crippen LogP contribution in [0.5, 0.6) is 0 Å². The maximum absolute atomic E-state index is 13.2. The third kappa shape index (κ3) is 6.64. The zero-order valence-corrected chi connectivity index (χ0v) is 20.1. The van der Waals surface area contributed by atoms with E-state index in [1.165, 1.54) is 4.31 Å². The summed E-state index contributed by atoms with van der Waals surface area (Å²) >= 11 is 0. The normalized spacial score (nSPS) is 17.9. The van der Waals surface area contributed by atoms with Crippen LogP contribution in [0, 0.1) is 0 Å². The lowest BCUT2D eigenvalue weighted by Gasteiger charge is -2.34. The van der Waals surface area contributed by atoms with Gasteiger partial charge in [-0.05, 0) is 30.9 Å². The van der Waals surface area contributed by atoms with Crippen molar-refractivity contribution < 1.29 is 18.0 Å². The van der Waals surface area contributed by atoms with Crippen molar-refractivity contribution >= 4 is 21.8 Å². The van der Waals surface area contributed by atoms with E-state index in [0.717, 1.165) is 12.1 Å². The number of nitrogens with one attached hydrogen (secondary N) is 2. The van der Waals surface area contributed by atoms with Gasteiger partial charge in [0, 0.05) is 19.8 Å². The van der Waals surface area contributed by atoms with Gasteiger partial charge in [0.05, 0.1) is 18.0 Å². The van der Waals surface area contributed by atoms with Crippen LogP contribution in [0.1, 0.15) is 50.3 Å². The van der Waals surface area contributed by atoms with E-state index in [4.69, 9.17) is 0 Å². The van der Waals surface area contributed by atoms with E-state index in [1.807, 2.05) is 19.1 Å². The van der Waals surface area contributed by atoms with Gasteiger partial charge in [0.2, 0.25) is 21.8 Å². The second-order valence-corrected chi connectivity index (χ2v) is 10.3. The number of benzene rings is 1. The van der Waals surface area contributed by atoms with Gasteiger partial charge in [-0.2, -0.15) is 9.40 Å². The third-order valence-electron chi connectivity index (χ3n) is 5.88. The molecular weight excluding hydrogens is 442 g/mol. The molecule has 2 heterocycles. The number of carbonyl (C=O) groups is 2. The lowest BCUT2D eigenvalue weighted by atomic mass is 10.0. The van der Waals surface area contributed by atoms with Gasteiger partial charge >= 0.3 is 0 Å². The Morgan fingerprint density at radius 3 is 2.61 bits per heavy atom. The lowest BCUT2D eigenvalue weighted by Crippen LogP contribution is -2.56. The monoisotopic (exact) mass is 475 g/mol. The largest absolute Gasteiger partial charge is 0.349 e. The van der Waals surface area contributed by atoms with Crippen LogP contribution < -0.4 is 10.6 Å². The van der Waals surface area contributed by atoms with E-state index in [9.17, 15) is 18.0 Å². The summed E-state index contributed by atoms with van der Waals surface area (Å²) in [5.41, 5.74) is 1.52. The van der Waals surface area contributed by atoms with Crippen LogP contribution in [0.15, 0.2) is 42.6 Å². The molecule has 2 aromatic rings. The van der Waals surface area contributed by atoms with Gasteiger partial charge in [0.25, 0.3) is 0 Å². The maximum atomic E-state index is 13.2. The van der Waals surface area contributed by atoms with Gasteiger partial charge in [-0.3, -0.25) is 14.3 Å². The SMILES string of the molecule is CCCC(NC(=O)C1CCCCN1S(=O)(=O)Cc1ccccc1)C(=O)NCc1ccnn1C. The molecule has 0 aliphatic carbocycles. The Kier molecular flexibility index (Phi) is 8.62. The van der Waals surface area contributed by atoms with Crippen LogP contribution in [0.3, 0.4) is 0 Å². The highest BCUT2D eigenvalue weighted by atomic mass is 32.2. The summed E-state index contributed by atoms with van der Waals surface area (Å²) in [5.74, 6) is -0.859. The molecule has 180 valence electrons. The zero-order valence-electron chi connectivity index (χ0n) is 19.2. The predicted molar refractivity (Wildman–Crippen MR) is 125 cm³/mol. The molecule has 1 aliphatic rings. The van der Waals surface area contributed by atoms with Gasteiger partial charge in [0.15, 0.2) is 0 Å². The highest BCUT2D eigenvalue weighted by molar-refractivity contribution is 7.88. The number of piperidine rings is 1. The quantitative estimate of drug-likeness (QED) is 0.543. The summed E-state index contributed by atoms with van der Waals surface area (Å²) < 4.78 is 29.3. The molecule has 0 saturated carbocycles. The summed E-state index contributed by atoms with van der Waals surface area (Å²) in [5, 5.41) is 9.75. The first-order valence-corrected chi connectivity index (χ1v) is 13.0. The Morgan fingerprint density at radius 2 is 1.94 bits per heavy atom. The molecule has 1 aromatic carbocycles. The Bertz CT molecular complexity index is 1040. The van der Waals surface area contributed by atoms with E-state index >= 15 is 0 Å². The minimum atomic E-state index is -3.68. The molecule has 2 amide bonds. The van der Waals surface area contributed by atoms with Crippen molar-refractivity contribution in [2.75, 3.05) is 6.54 Å². The summed E-state index contributed by atoms with van der Waals surface area (Å²) in [4.78, 5) is 26.0. The number of aryl methyl sites for hydroxylation is 1. The van der Waals surface area contributed by atoms with Gasteiger partial charge in [-0.25, -0.2) is 8.42 Å². The van der Waals surface area contributed by atoms with Crippen molar-refractivity contribution in [3.05, 3.63) is 53.9 Å². The molecule has 3 rings (SSSR count). The minimum absolute atomic E-state index is 0.152. The van der Waals surface area contributed by atoms with Crippen molar-refractivity contribution in [3.63, 3.8) is 0 Å². The minimum Gasteiger partial charge on any atom is -0.349 e. The summed E-state index contributed by atoms with van der Waals surface area (Å²) in [7, 11) is -1.89. The maximum Gasteiger partial charge on any atom is 0.242 e. The molecule has 1 saturated heterocycles. The number of sulfonamides is 1.